The van der Waals surface area contributed by atoms with Crippen LogP contribution in [-0.2, 0) is 11.3 Å². The number of ether oxygens (including phenoxy) is 1. The lowest BCUT2D eigenvalue weighted by atomic mass is 10.2. The molecule has 3 aromatic heterocycles. The summed E-state index contributed by atoms with van der Waals surface area (Å²) in [7, 11) is 0. The van der Waals surface area contributed by atoms with Crippen LogP contribution in [0.4, 0.5) is 15.1 Å². The Hall–Kier alpha value is -3.34. The minimum Gasteiger partial charge on any atom is -0.444 e. The van der Waals surface area contributed by atoms with Crippen LogP contribution in [0.5, 0.6) is 0 Å². The van der Waals surface area contributed by atoms with Crippen molar-refractivity contribution in [3.05, 3.63) is 47.0 Å². The summed E-state index contributed by atoms with van der Waals surface area (Å²) < 4.78 is 19.4. The second-order valence-electron chi connectivity index (χ2n) is 8.78. The Morgan fingerprint density at radius 1 is 1.26 bits per heavy atom. The number of hydrogen-bond acceptors (Lipinski definition) is 8. The average molecular weight is 503 g/mol. The van der Waals surface area contributed by atoms with Gasteiger partial charge in [0.15, 0.2) is 5.69 Å². The molecule has 11 heteroatoms. The van der Waals surface area contributed by atoms with E-state index in [0.717, 1.165) is 6.20 Å². The van der Waals surface area contributed by atoms with Gasteiger partial charge in [-0.25, -0.2) is 19.2 Å². The maximum atomic E-state index is 13.4. The molecule has 0 aliphatic carbocycles. The van der Waals surface area contributed by atoms with Gasteiger partial charge in [0.25, 0.3) is 5.91 Å². The van der Waals surface area contributed by atoms with E-state index in [9.17, 15) is 14.0 Å². The Balaban J connectivity index is 0.00000167. The van der Waals surface area contributed by atoms with Gasteiger partial charge in [-0.2, -0.15) is 0 Å². The molecule has 1 fully saturated rings. The fraction of sp³-hybridized carbons (Fsp3) is 0.458. The molecule has 2 N–H and O–H groups in total. The van der Waals surface area contributed by atoms with E-state index in [1.165, 1.54) is 17.4 Å². The quantitative estimate of drug-likeness (QED) is 0.525. The molecule has 1 saturated heterocycles. The lowest BCUT2D eigenvalue weighted by Gasteiger charge is -2.22. The number of carbonyl (C=O) groups excluding carboxylic acids is 2. The average Bonchev–Trinajstić information content (AvgIpc) is 3.46. The molecule has 1 aliphatic rings. The summed E-state index contributed by atoms with van der Waals surface area (Å²) >= 11 is 1.39. The van der Waals surface area contributed by atoms with Crippen LogP contribution in [0.15, 0.2) is 29.9 Å². The van der Waals surface area contributed by atoms with Gasteiger partial charge < -0.3 is 20.3 Å². The Morgan fingerprint density at radius 2 is 2.03 bits per heavy atom. The van der Waals surface area contributed by atoms with Gasteiger partial charge in [-0.1, -0.05) is 13.8 Å². The van der Waals surface area contributed by atoms with E-state index in [2.05, 4.69) is 25.6 Å². The Kier molecular flexibility index (Phi) is 8.55. The number of alkyl carbamates (subject to hydrolysis) is 1. The van der Waals surface area contributed by atoms with Crippen molar-refractivity contribution in [2.24, 2.45) is 0 Å². The van der Waals surface area contributed by atoms with Crippen LogP contribution in [0.2, 0.25) is 0 Å². The molecule has 0 radical (unpaired) electrons. The summed E-state index contributed by atoms with van der Waals surface area (Å²) in [5, 5.41) is 7.72. The van der Waals surface area contributed by atoms with Gasteiger partial charge >= 0.3 is 6.09 Å². The first-order valence-corrected chi connectivity index (χ1v) is 12.4. The normalized spacial score (nSPS) is 15.4. The van der Waals surface area contributed by atoms with Gasteiger partial charge in [0.05, 0.1) is 22.5 Å². The highest BCUT2D eigenvalue weighted by Gasteiger charge is 2.31. The second-order valence-corrected chi connectivity index (χ2v) is 9.69. The number of rotatable bonds is 5. The molecule has 0 saturated carbocycles. The largest absolute Gasteiger partial charge is 0.444 e. The van der Waals surface area contributed by atoms with Crippen molar-refractivity contribution >= 4 is 39.5 Å². The molecule has 0 bridgehead atoms. The van der Waals surface area contributed by atoms with E-state index in [-0.39, 0.29) is 24.4 Å². The molecule has 4 rings (SSSR count). The smallest absolute Gasteiger partial charge is 0.407 e. The van der Waals surface area contributed by atoms with Crippen LogP contribution in [-0.4, -0.2) is 56.6 Å². The van der Waals surface area contributed by atoms with Crippen molar-refractivity contribution in [1.82, 2.24) is 25.2 Å². The molecule has 3 aromatic rings. The highest BCUT2D eigenvalue weighted by Crippen LogP contribution is 2.26. The van der Waals surface area contributed by atoms with Gasteiger partial charge in [-0.3, -0.25) is 9.78 Å². The minimum absolute atomic E-state index is 0.192. The number of halogens is 1. The monoisotopic (exact) mass is 502 g/mol. The van der Waals surface area contributed by atoms with Crippen molar-refractivity contribution in [2.75, 3.05) is 18.4 Å². The maximum absolute atomic E-state index is 13.4. The van der Waals surface area contributed by atoms with E-state index < -0.39 is 17.5 Å². The van der Waals surface area contributed by atoms with Crippen LogP contribution in [0.25, 0.3) is 10.2 Å². The van der Waals surface area contributed by atoms with E-state index in [4.69, 9.17) is 4.74 Å². The molecule has 9 nitrogen and oxygen atoms in total. The fourth-order valence-electron chi connectivity index (χ4n) is 3.51. The first-order valence-electron chi connectivity index (χ1n) is 11.6. The van der Waals surface area contributed by atoms with Crippen LogP contribution >= 0.6 is 11.3 Å². The van der Waals surface area contributed by atoms with Crippen LogP contribution in [0.1, 0.15) is 57.1 Å². The van der Waals surface area contributed by atoms with Crippen molar-refractivity contribution < 1.29 is 18.7 Å². The van der Waals surface area contributed by atoms with Crippen molar-refractivity contribution in [1.29, 1.82) is 0 Å². The molecule has 0 aromatic carbocycles. The minimum atomic E-state index is -0.588. The number of hydrogen-bond donors (Lipinski definition) is 2. The lowest BCUT2D eigenvalue weighted by Crippen LogP contribution is -2.41. The van der Waals surface area contributed by atoms with Crippen molar-refractivity contribution in [3.63, 3.8) is 0 Å². The molecule has 4 heterocycles. The van der Waals surface area contributed by atoms with E-state index >= 15 is 0 Å². The molecule has 0 spiro atoms. The topological polar surface area (TPSA) is 109 Å². The number of thiophene rings is 1. The maximum Gasteiger partial charge on any atom is 0.407 e. The summed E-state index contributed by atoms with van der Waals surface area (Å²) in [6.45, 7) is 10.5. The molecule has 188 valence electrons. The summed E-state index contributed by atoms with van der Waals surface area (Å²) in [6, 6.07) is 3.00. The predicted molar refractivity (Wildman–Crippen MR) is 134 cm³/mol. The van der Waals surface area contributed by atoms with Gasteiger partial charge in [-0.05, 0) is 50.3 Å². The predicted octanol–water partition coefficient (Wildman–Crippen LogP) is 4.60. The fourth-order valence-corrected chi connectivity index (χ4v) is 4.32. The standard InChI is InChI=1S/C22H25FN6O3S.C2H6/c1-22(2,3)32-21(31)26-15-4-6-29(12-15)19(30)17-18-16(5-7-33-18)27-20(28-17)25-10-13-8-14(23)11-24-9-13;1-2/h5,7-9,11,15H,4,6,10,12H2,1-3H3,(H,26,31)(H,25,27,28);1-2H3/t15-;/m1./s1. The number of likely N-dealkylation sites (tertiary alicyclic amines) is 1. The van der Waals surface area contributed by atoms with Crippen LogP contribution < -0.4 is 10.6 Å². The zero-order valence-electron chi connectivity index (χ0n) is 20.6. The van der Waals surface area contributed by atoms with Crippen LogP contribution in [0.3, 0.4) is 0 Å². The first-order chi connectivity index (χ1) is 16.7. The molecule has 1 aliphatic heterocycles. The van der Waals surface area contributed by atoms with Gasteiger partial charge in [0.1, 0.15) is 11.4 Å². The molecular formula is C24H31FN6O3S. The summed E-state index contributed by atoms with van der Waals surface area (Å²) in [5.74, 6) is -0.382. The van der Waals surface area contributed by atoms with Gasteiger partial charge in [0, 0.05) is 25.8 Å². The number of fused-ring (bicyclic) bond motifs is 1. The van der Waals surface area contributed by atoms with E-state index in [0.29, 0.717) is 41.0 Å². The number of aromatic nitrogens is 3. The van der Waals surface area contributed by atoms with Crippen LogP contribution in [0, 0.1) is 5.82 Å². The number of anilines is 1. The highest BCUT2D eigenvalue weighted by molar-refractivity contribution is 7.17. The van der Waals surface area contributed by atoms with Crippen molar-refractivity contribution in [2.45, 2.75) is 59.2 Å². The Morgan fingerprint density at radius 3 is 2.74 bits per heavy atom. The first kappa shape index (κ1) is 26.3. The zero-order valence-corrected chi connectivity index (χ0v) is 21.4. The number of carbonyl (C=O) groups is 2. The molecule has 2 amide bonds. The summed E-state index contributed by atoms with van der Waals surface area (Å²) in [5.41, 5.74) is 0.996. The van der Waals surface area contributed by atoms with Gasteiger partial charge in [0.2, 0.25) is 5.95 Å². The molecular weight excluding hydrogens is 471 g/mol. The SMILES string of the molecule is CC.CC(C)(C)OC(=O)N[C@@H]1CCN(C(=O)c2nc(NCc3cncc(F)c3)nc3ccsc23)C1. The van der Waals surface area contributed by atoms with Gasteiger partial charge in [-0.15, -0.1) is 11.3 Å². The number of pyridine rings is 1. The lowest BCUT2D eigenvalue weighted by molar-refractivity contribution is 0.0502. The third-order valence-corrected chi connectivity index (χ3v) is 5.82. The van der Waals surface area contributed by atoms with E-state index in [1.54, 1.807) is 31.9 Å². The highest BCUT2D eigenvalue weighted by atomic mass is 32.1. The third-order valence-electron chi connectivity index (χ3n) is 4.91. The molecule has 35 heavy (non-hydrogen) atoms. The number of nitrogens with zero attached hydrogens (tertiary/aromatic N) is 4. The van der Waals surface area contributed by atoms with Crippen molar-refractivity contribution in [3.8, 4) is 0 Å². The number of nitrogens with one attached hydrogen (secondary N) is 2. The second kappa shape index (κ2) is 11.4. The summed E-state index contributed by atoms with van der Waals surface area (Å²) in [6.07, 6.45) is 2.81. The molecule has 1 atom stereocenters. The Labute approximate surface area is 208 Å². The van der Waals surface area contributed by atoms with E-state index in [1.807, 2.05) is 25.3 Å². The Bertz CT molecular complexity index is 1180. The third kappa shape index (κ3) is 7.08. The molecule has 0 unspecified atom stereocenters. The zero-order chi connectivity index (χ0) is 25.6. The summed E-state index contributed by atoms with van der Waals surface area (Å²) in [4.78, 5) is 39.8. The number of amides is 2.